The SMILES string of the molecule is COCCNCC#Cc1ccccc1. The van der Waals surface area contributed by atoms with E-state index in [0.717, 1.165) is 18.7 Å². The zero-order valence-corrected chi connectivity index (χ0v) is 8.42. The van der Waals surface area contributed by atoms with Crippen molar-refractivity contribution in [2.45, 2.75) is 0 Å². The molecule has 74 valence electrons. The molecule has 0 saturated carbocycles. The summed E-state index contributed by atoms with van der Waals surface area (Å²) in [4.78, 5) is 0. The van der Waals surface area contributed by atoms with Crippen molar-refractivity contribution in [1.29, 1.82) is 0 Å². The van der Waals surface area contributed by atoms with Crippen LogP contribution in [0.2, 0.25) is 0 Å². The van der Waals surface area contributed by atoms with Crippen LogP contribution >= 0.6 is 0 Å². The van der Waals surface area contributed by atoms with Gasteiger partial charge in [-0.15, -0.1) is 0 Å². The van der Waals surface area contributed by atoms with Crippen LogP contribution in [-0.4, -0.2) is 26.8 Å². The molecule has 2 nitrogen and oxygen atoms in total. The van der Waals surface area contributed by atoms with Crippen molar-refractivity contribution in [2.24, 2.45) is 0 Å². The van der Waals surface area contributed by atoms with Crippen LogP contribution in [0.3, 0.4) is 0 Å². The van der Waals surface area contributed by atoms with E-state index < -0.39 is 0 Å². The first-order valence-corrected chi connectivity index (χ1v) is 4.67. The molecule has 0 aliphatic carbocycles. The molecule has 1 rings (SSSR count). The van der Waals surface area contributed by atoms with Gasteiger partial charge in [0.2, 0.25) is 0 Å². The Morgan fingerprint density at radius 1 is 1.29 bits per heavy atom. The lowest BCUT2D eigenvalue weighted by Gasteiger charge is -1.96. The minimum atomic E-state index is 0.707. The van der Waals surface area contributed by atoms with Crippen molar-refractivity contribution < 1.29 is 4.74 Å². The maximum absolute atomic E-state index is 4.90. The Balaban J connectivity index is 2.21. The summed E-state index contributed by atoms with van der Waals surface area (Å²) in [6, 6.07) is 9.97. The summed E-state index contributed by atoms with van der Waals surface area (Å²) in [7, 11) is 1.69. The summed E-state index contributed by atoms with van der Waals surface area (Å²) in [5, 5.41) is 3.16. The molecule has 0 fully saturated rings. The number of hydrogen-bond donors (Lipinski definition) is 1. The Hall–Kier alpha value is -1.30. The van der Waals surface area contributed by atoms with Gasteiger partial charge in [-0.25, -0.2) is 0 Å². The Morgan fingerprint density at radius 2 is 2.07 bits per heavy atom. The largest absolute Gasteiger partial charge is 0.383 e. The van der Waals surface area contributed by atoms with Crippen molar-refractivity contribution in [1.82, 2.24) is 5.32 Å². The highest BCUT2D eigenvalue weighted by Crippen LogP contribution is 1.93. The molecule has 1 aromatic rings. The van der Waals surface area contributed by atoms with Crippen LogP contribution in [0.4, 0.5) is 0 Å². The van der Waals surface area contributed by atoms with E-state index in [9.17, 15) is 0 Å². The molecular formula is C12H15NO. The first-order chi connectivity index (χ1) is 6.93. The van der Waals surface area contributed by atoms with E-state index in [4.69, 9.17) is 4.74 Å². The molecule has 0 amide bonds. The Labute approximate surface area is 85.3 Å². The van der Waals surface area contributed by atoms with E-state index >= 15 is 0 Å². The summed E-state index contributed by atoms with van der Waals surface area (Å²) in [6.07, 6.45) is 0. The lowest BCUT2D eigenvalue weighted by Crippen LogP contribution is -2.19. The van der Waals surface area contributed by atoms with Crippen molar-refractivity contribution in [2.75, 3.05) is 26.8 Å². The van der Waals surface area contributed by atoms with Crippen molar-refractivity contribution >= 4 is 0 Å². The van der Waals surface area contributed by atoms with Crippen LogP contribution in [0.25, 0.3) is 0 Å². The van der Waals surface area contributed by atoms with Crippen LogP contribution < -0.4 is 5.32 Å². The second-order valence-corrected chi connectivity index (χ2v) is 2.84. The lowest BCUT2D eigenvalue weighted by atomic mass is 10.2. The number of nitrogens with one attached hydrogen (secondary N) is 1. The summed E-state index contributed by atoms with van der Waals surface area (Å²) < 4.78 is 4.90. The predicted molar refractivity (Wildman–Crippen MR) is 58.1 cm³/mol. The van der Waals surface area contributed by atoms with E-state index in [0.29, 0.717) is 6.54 Å². The quantitative estimate of drug-likeness (QED) is 0.569. The second kappa shape index (κ2) is 7.14. The number of methoxy groups -OCH3 is 1. The van der Waals surface area contributed by atoms with Gasteiger partial charge >= 0.3 is 0 Å². The fourth-order valence-electron chi connectivity index (χ4n) is 0.993. The van der Waals surface area contributed by atoms with Gasteiger partial charge in [0.15, 0.2) is 0 Å². The Kier molecular flexibility index (Phi) is 5.49. The van der Waals surface area contributed by atoms with Crippen molar-refractivity contribution in [3.8, 4) is 11.8 Å². The highest BCUT2D eigenvalue weighted by molar-refractivity contribution is 5.33. The van der Waals surface area contributed by atoms with Crippen LogP contribution in [0.5, 0.6) is 0 Å². The summed E-state index contributed by atoms with van der Waals surface area (Å²) in [5.41, 5.74) is 1.06. The molecule has 14 heavy (non-hydrogen) atoms. The zero-order chi connectivity index (χ0) is 10.1. The molecule has 0 aromatic heterocycles. The summed E-state index contributed by atoms with van der Waals surface area (Å²) in [5.74, 6) is 6.11. The van der Waals surface area contributed by atoms with Crippen LogP contribution in [0.15, 0.2) is 30.3 Å². The van der Waals surface area contributed by atoms with E-state index in [-0.39, 0.29) is 0 Å². The third-order valence-corrected chi connectivity index (χ3v) is 1.70. The van der Waals surface area contributed by atoms with Crippen LogP contribution in [0.1, 0.15) is 5.56 Å². The van der Waals surface area contributed by atoms with E-state index in [1.807, 2.05) is 30.3 Å². The smallest absolute Gasteiger partial charge is 0.0587 e. The monoisotopic (exact) mass is 189 g/mol. The minimum Gasteiger partial charge on any atom is -0.383 e. The Bertz CT molecular complexity index is 297. The first kappa shape index (κ1) is 10.8. The molecule has 0 aliphatic heterocycles. The molecule has 0 atom stereocenters. The standard InChI is InChI=1S/C12H15NO/c1-14-11-10-13-9-5-8-12-6-3-2-4-7-12/h2-4,6-7,13H,9-11H2,1H3. The van der Waals surface area contributed by atoms with Gasteiger partial charge in [0.25, 0.3) is 0 Å². The topological polar surface area (TPSA) is 21.3 Å². The average Bonchev–Trinajstić information content (AvgIpc) is 2.25. The zero-order valence-electron chi connectivity index (χ0n) is 8.42. The molecule has 0 unspecified atom stereocenters. The number of hydrogen-bond acceptors (Lipinski definition) is 2. The van der Waals surface area contributed by atoms with Gasteiger partial charge in [-0.05, 0) is 12.1 Å². The van der Waals surface area contributed by atoms with E-state index in [1.54, 1.807) is 7.11 Å². The van der Waals surface area contributed by atoms with E-state index in [1.165, 1.54) is 0 Å². The molecule has 1 aromatic carbocycles. The molecular weight excluding hydrogens is 174 g/mol. The van der Waals surface area contributed by atoms with Gasteiger partial charge < -0.3 is 10.1 Å². The molecule has 0 spiro atoms. The van der Waals surface area contributed by atoms with Gasteiger partial charge in [0.1, 0.15) is 0 Å². The van der Waals surface area contributed by atoms with Crippen molar-refractivity contribution in [3.05, 3.63) is 35.9 Å². The first-order valence-electron chi connectivity index (χ1n) is 4.67. The van der Waals surface area contributed by atoms with Gasteiger partial charge in [-0.2, -0.15) is 0 Å². The number of benzene rings is 1. The van der Waals surface area contributed by atoms with E-state index in [2.05, 4.69) is 17.2 Å². The molecule has 0 saturated heterocycles. The maximum atomic E-state index is 4.90. The molecule has 2 heteroatoms. The molecule has 1 N–H and O–H groups in total. The fourth-order valence-corrected chi connectivity index (χ4v) is 0.993. The lowest BCUT2D eigenvalue weighted by molar-refractivity contribution is 0.200. The van der Waals surface area contributed by atoms with Crippen molar-refractivity contribution in [3.63, 3.8) is 0 Å². The highest BCUT2D eigenvalue weighted by atomic mass is 16.5. The number of rotatable bonds is 4. The third kappa shape index (κ3) is 4.66. The van der Waals surface area contributed by atoms with Gasteiger partial charge in [-0.3, -0.25) is 0 Å². The summed E-state index contributed by atoms with van der Waals surface area (Å²) >= 11 is 0. The van der Waals surface area contributed by atoms with Crippen LogP contribution in [0, 0.1) is 11.8 Å². The van der Waals surface area contributed by atoms with Gasteiger partial charge in [0, 0.05) is 19.2 Å². The normalized spacial score (nSPS) is 9.21. The highest BCUT2D eigenvalue weighted by Gasteiger charge is 1.82. The molecule has 0 bridgehead atoms. The average molecular weight is 189 g/mol. The Morgan fingerprint density at radius 3 is 2.79 bits per heavy atom. The third-order valence-electron chi connectivity index (χ3n) is 1.70. The maximum Gasteiger partial charge on any atom is 0.0587 e. The predicted octanol–water partition coefficient (Wildman–Crippen LogP) is 1.27. The molecule has 0 radical (unpaired) electrons. The fraction of sp³-hybridized carbons (Fsp3) is 0.333. The minimum absolute atomic E-state index is 0.707. The molecule has 0 aliphatic rings. The second-order valence-electron chi connectivity index (χ2n) is 2.84. The molecule has 0 heterocycles. The van der Waals surface area contributed by atoms with Crippen LogP contribution in [-0.2, 0) is 4.74 Å². The summed E-state index contributed by atoms with van der Waals surface area (Å²) in [6.45, 7) is 2.28. The van der Waals surface area contributed by atoms with Gasteiger partial charge in [0.05, 0.1) is 13.2 Å². The number of ether oxygens (including phenoxy) is 1. The van der Waals surface area contributed by atoms with Gasteiger partial charge in [-0.1, -0.05) is 30.0 Å².